The van der Waals surface area contributed by atoms with Crippen LogP contribution < -0.4 is 4.74 Å². The molecule has 2 amide bonds. The van der Waals surface area contributed by atoms with Gasteiger partial charge in [-0.2, -0.15) is 0 Å². The normalized spacial score (nSPS) is 20.3. The minimum atomic E-state index is -0.116. The molecule has 3 heterocycles. The number of ether oxygens (including phenoxy) is 1. The highest BCUT2D eigenvalue weighted by Crippen LogP contribution is 2.30. The van der Waals surface area contributed by atoms with Crippen molar-refractivity contribution in [2.45, 2.75) is 38.1 Å². The van der Waals surface area contributed by atoms with Crippen LogP contribution in [0.5, 0.6) is 5.75 Å². The average molecular weight is 408 g/mol. The minimum absolute atomic E-state index is 0.112. The second kappa shape index (κ2) is 9.28. The molecule has 0 unspecified atom stereocenters. The maximum atomic E-state index is 13.2. The molecular formula is C24H29N3O3. The van der Waals surface area contributed by atoms with Crippen LogP contribution in [-0.4, -0.2) is 53.3 Å². The molecule has 2 aliphatic rings. The Morgan fingerprint density at radius 3 is 2.57 bits per heavy atom. The summed E-state index contributed by atoms with van der Waals surface area (Å²) in [6.07, 6.45) is 6.70. The van der Waals surface area contributed by atoms with Crippen LogP contribution in [0.2, 0.25) is 0 Å². The number of para-hydroxylation sites is 1. The van der Waals surface area contributed by atoms with Crippen molar-refractivity contribution in [1.82, 2.24) is 14.8 Å². The van der Waals surface area contributed by atoms with E-state index in [2.05, 4.69) is 17.1 Å². The molecule has 4 rings (SSSR count). The molecule has 2 saturated heterocycles. The Morgan fingerprint density at radius 1 is 1.10 bits per heavy atom. The summed E-state index contributed by atoms with van der Waals surface area (Å²) in [6, 6.07) is 11.9. The average Bonchev–Trinajstić information content (AvgIpc) is 2.81. The van der Waals surface area contributed by atoms with Crippen LogP contribution >= 0.6 is 0 Å². The Kier molecular flexibility index (Phi) is 6.31. The van der Waals surface area contributed by atoms with Gasteiger partial charge in [-0.15, -0.1) is 0 Å². The number of carbonyl (C=O) groups excluding carboxylic acids is 2. The number of aromatic nitrogens is 1. The molecule has 1 aromatic heterocycles. The Hall–Kier alpha value is -2.89. The molecule has 2 aliphatic heterocycles. The van der Waals surface area contributed by atoms with E-state index in [4.69, 9.17) is 4.74 Å². The van der Waals surface area contributed by atoms with Crippen LogP contribution in [0.4, 0.5) is 0 Å². The van der Waals surface area contributed by atoms with Crippen molar-refractivity contribution >= 4 is 11.8 Å². The summed E-state index contributed by atoms with van der Waals surface area (Å²) in [5.41, 5.74) is 2.28. The monoisotopic (exact) mass is 407 g/mol. The van der Waals surface area contributed by atoms with E-state index in [9.17, 15) is 9.59 Å². The van der Waals surface area contributed by atoms with Gasteiger partial charge in [0, 0.05) is 50.6 Å². The van der Waals surface area contributed by atoms with Crippen LogP contribution in [0, 0.1) is 5.92 Å². The van der Waals surface area contributed by atoms with Crippen molar-refractivity contribution in [3.05, 3.63) is 59.9 Å². The van der Waals surface area contributed by atoms with E-state index in [1.165, 1.54) is 5.56 Å². The zero-order valence-electron chi connectivity index (χ0n) is 17.5. The number of piperidine rings is 2. The predicted octanol–water partition coefficient (Wildman–Crippen LogP) is 3.24. The standard InChI is InChI=1S/C24H29N3O3/c1-30-22-5-3-2-4-20(22)16-27-17-21(6-7-23(27)28)24(29)26-14-10-19(11-15-26)18-8-12-25-13-9-18/h2-5,8-9,12-13,19,21H,6-7,10-11,14-17H2,1H3/t21-/m1/s1. The van der Waals surface area contributed by atoms with Gasteiger partial charge < -0.3 is 14.5 Å². The summed E-state index contributed by atoms with van der Waals surface area (Å²) in [5, 5.41) is 0. The Labute approximate surface area is 177 Å². The molecule has 1 atom stereocenters. The first-order chi connectivity index (χ1) is 14.7. The summed E-state index contributed by atoms with van der Waals surface area (Å²) >= 11 is 0. The minimum Gasteiger partial charge on any atom is -0.496 e. The number of hydrogen-bond acceptors (Lipinski definition) is 4. The molecule has 6 nitrogen and oxygen atoms in total. The lowest BCUT2D eigenvalue weighted by molar-refractivity contribution is -0.144. The number of pyridine rings is 1. The molecule has 0 bridgehead atoms. The van der Waals surface area contributed by atoms with Gasteiger partial charge >= 0.3 is 0 Å². The van der Waals surface area contributed by atoms with Gasteiger partial charge in [-0.3, -0.25) is 14.6 Å². The first kappa shape index (κ1) is 20.4. The molecule has 0 saturated carbocycles. The van der Waals surface area contributed by atoms with Gasteiger partial charge in [-0.25, -0.2) is 0 Å². The number of benzene rings is 1. The summed E-state index contributed by atoms with van der Waals surface area (Å²) in [6.45, 7) is 2.53. The predicted molar refractivity (Wildman–Crippen MR) is 114 cm³/mol. The second-order valence-electron chi connectivity index (χ2n) is 8.20. The topological polar surface area (TPSA) is 62.7 Å². The van der Waals surface area contributed by atoms with Gasteiger partial charge in [-0.1, -0.05) is 18.2 Å². The van der Waals surface area contributed by atoms with Crippen molar-refractivity contribution in [2.24, 2.45) is 5.92 Å². The molecule has 0 radical (unpaired) electrons. The fourth-order valence-electron chi connectivity index (χ4n) is 4.64. The molecule has 158 valence electrons. The number of hydrogen-bond donors (Lipinski definition) is 0. The molecule has 0 N–H and O–H groups in total. The number of rotatable bonds is 5. The van der Waals surface area contributed by atoms with E-state index in [-0.39, 0.29) is 17.7 Å². The highest BCUT2D eigenvalue weighted by Gasteiger charge is 2.34. The third-order valence-corrected chi connectivity index (χ3v) is 6.39. The van der Waals surface area contributed by atoms with E-state index >= 15 is 0 Å². The zero-order chi connectivity index (χ0) is 20.9. The van der Waals surface area contributed by atoms with E-state index < -0.39 is 0 Å². The number of nitrogens with zero attached hydrogens (tertiary/aromatic N) is 3. The van der Waals surface area contributed by atoms with Crippen LogP contribution in [-0.2, 0) is 16.1 Å². The highest BCUT2D eigenvalue weighted by molar-refractivity contribution is 5.84. The molecule has 6 heteroatoms. The van der Waals surface area contributed by atoms with Gasteiger partial charge in [-0.05, 0) is 48.9 Å². The lowest BCUT2D eigenvalue weighted by atomic mass is 9.88. The Morgan fingerprint density at radius 2 is 1.83 bits per heavy atom. The van der Waals surface area contributed by atoms with Gasteiger partial charge in [0.2, 0.25) is 11.8 Å². The van der Waals surface area contributed by atoms with Gasteiger partial charge in [0.05, 0.1) is 13.0 Å². The van der Waals surface area contributed by atoms with Crippen molar-refractivity contribution in [1.29, 1.82) is 0 Å². The van der Waals surface area contributed by atoms with Crippen molar-refractivity contribution in [2.75, 3.05) is 26.7 Å². The van der Waals surface area contributed by atoms with E-state index in [1.54, 1.807) is 7.11 Å². The lowest BCUT2D eigenvalue weighted by Crippen LogP contribution is -2.48. The largest absolute Gasteiger partial charge is 0.496 e. The summed E-state index contributed by atoms with van der Waals surface area (Å²) in [7, 11) is 1.64. The van der Waals surface area contributed by atoms with E-state index in [0.717, 1.165) is 37.2 Å². The Balaban J connectivity index is 1.36. The number of amides is 2. The number of carbonyl (C=O) groups is 2. The van der Waals surface area contributed by atoms with E-state index in [1.807, 2.05) is 46.5 Å². The quantitative estimate of drug-likeness (QED) is 0.763. The first-order valence-corrected chi connectivity index (χ1v) is 10.7. The van der Waals surface area contributed by atoms with Gasteiger partial charge in [0.15, 0.2) is 0 Å². The summed E-state index contributed by atoms with van der Waals surface area (Å²) < 4.78 is 5.42. The summed E-state index contributed by atoms with van der Waals surface area (Å²) in [5.74, 6) is 1.46. The van der Waals surface area contributed by atoms with Crippen molar-refractivity contribution < 1.29 is 14.3 Å². The first-order valence-electron chi connectivity index (χ1n) is 10.7. The lowest BCUT2D eigenvalue weighted by Gasteiger charge is -2.38. The van der Waals surface area contributed by atoms with Crippen LogP contribution in [0.25, 0.3) is 0 Å². The van der Waals surface area contributed by atoms with Gasteiger partial charge in [0.25, 0.3) is 0 Å². The molecule has 0 aliphatic carbocycles. The third kappa shape index (κ3) is 4.48. The number of likely N-dealkylation sites (tertiary alicyclic amines) is 2. The van der Waals surface area contributed by atoms with Gasteiger partial charge in [0.1, 0.15) is 5.75 Å². The molecule has 1 aromatic carbocycles. The molecular weight excluding hydrogens is 378 g/mol. The molecule has 30 heavy (non-hydrogen) atoms. The zero-order valence-corrected chi connectivity index (χ0v) is 17.5. The fourth-order valence-corrected chi connectivity index (χ4v) is 4.64. The third-order valence-electron chi connectivity index (χ3n) is 6.39. The summed E-state index contributed by atoms with van der Waals surface area (Å²) in [4.78, 5) is 33.6. The maximum absolute atomic E-state index is 13.2. The highest BCUT2D eigenvalue weighted by atomic mass is 16.5. The fraction of sp³-hybridized carbons (Fsp3) is 0.458. The van der Waals surface area contributed by atoms with E-state index in [0.29, 0.717) is 31.8 Å². The Bertz CT molecular complexity index is 878. The second-order valence-corrected chi connectivity index (χ2v) is 8.20. The van der Waals surface area contributed by atoms with Crippen LogP contribution in [0.3, 0.4) is 0 Å². The molecule has 0 spiro atoms. The molecule has 2 fully saturated rings. The van der Waals surface area contributed by atoms with Crippen molar-refractivity contribution in [3.8, 4) is 5.75 Å². The SMILES string of the molecule is COc1ccccc1CN1C[C@H](C(=O)N2CCC(c3ccncc3)CC2)CCC1=O. The maximum Gasteiger partial charge on any atom is 0.227 e. The van der Waals surface area contributed by atoms with Crippen molar-refractivity contribution in [3.63, 3.8) is 0 Å². The smallest absolute Gasteiger partial charge is 0.227 e. The molecule has 2 aromatic rings. The van der Waals surface area contributed by atoms with Crippen LogP contribution in [0.15, 0.2) is 48.8 Å². The number of methoxy groups -OCH3 is 1. The van der Waals surface area contributed by atoms with Crippen LogP contribution in [0.1, 0.15) is 42.7 Å².